The van der Waals surface area contributed by atoms with Crippen molar-refractivity contribution in [2.75, 3.05) is 7.05 Å². The molecule has 0 N–H and O–H groups in total. The van der Waals surface area contributed by atoms with Crippen LogP contribution in [-0.4, -0.2) is 34.2 Å². The van der Waals surface area contributed by atoms with E-state index in [4.69, 9.17) is 0 Å². The molecule has 19 heavy (non-hydrogen) atoms. The smallest absolute Gasteiger partial charge is 0.242 e. The number of hydrogen-bond donors (Lipinski definition) is 0. The lowest BCUT2D eigenvalue weighted by Crippen LogP contribution is -2.31. The van der Waals surface area contributed by atoms with E-state index < -0.39 is 0 Å². The van der Waals surface area contributed by atoms with Gasteiger partial charge >= 0.3 is 0 Å². The minimum absolute atomic E-state index is 0.139. The van der Waals surface area contributed by atoms with E-state index >= 15 is 0 Å². The molecule has 1 heterocycles. The summed E-state index contributed by atoms with van der Waals surface area (Å²) in [5.74, 6) is 0.370. The number of Topliss-reactive ketones (excluding diaryl/α,β-unsaturated/α-hetero) is 1. The predicted octanol–water partition coefficient (Wildman–Crippen LogP) is 2.02. The van der Waals surface area contributed by atoms with Crippen molar-refractivity contribution in [3.8, 4) is 0 Å². The van der Waals surface area contributed by atoms with Crippen LogP contribution in [0.2, 0.25) is 0 Å². The minimum Gasteiger partial charge on any atom is -0.344 e. The van der Waals surface area contributed by atoms with Crippen molar-refractivity contribution >= 4 is 11.7 Å². The number of nitrogens with zero attached hydrogens (tertiary/aromatic N) is 2. The van der Waals surface area contributed by atoms with Crippen LogP contribution in [0.1, 0.15) is 48.0 Å². The number of aryl methyl sites for hydroxylation is 1. The summed E-state index contributed by atoms with van der Waals surface area (Å²) in [5.41, 5.74) is 1.95. The van der Waals surface area contributed by atoms with Gasteiger partial charge < -0.3 is 9.47 Å². The minimum atomic E-state index is 0.139. The Morgan fingerprint density at radius 2 is 2.05 bits per heavy atom. The maximum Gasteiger partial charge on any atom is 0.242 e. The molecule has 0 bridgehead atoms. The topological polar surface area (TPSA) is 42.3 Å². The Kier molecular flexibility index (Phi) is 3.17. The van der Waals surface area contributed by atoms with Crippen molar-refractivity contribution in [2.24, 2.45) is 0 Å². The second-order valence-electron chi connectivity index (χ2n) is 5.74. The van der Waals surface area contributed by atoms with Gasteiger partial charge in [0, 0.05) is 37.5 Å². The third-order valence-electron chi connectivity index (χ3n) is 4.17. The zero-order chi connectivity index (χ0) is 13.4. The van der Waals surface area contributed by atoms with E-state index in [9.17, 15) is 9.59 Å². The Hall–Kier alpha value is -1.58. The van der Waals surface area contributed by atoms with Crippen molar-refractivity contribution < 1.29 is 9.59 Å². The van der Waals surface area contributed by atoms with Gasteiger partial charge in [-0.3, -0.25) is 9.59 Å². The van der Waals surface area contributed by atoms with Crippen LogP contribution in [0.15, 0.2) is 12.4 Å². The maximum atomic E-state index is 12.1. The number of carbonyl (C=O) groups is 2. The van der Waals surface area contributed by atoms with E-state index in [-0.39, 0.29) is 11.7 Å². The molecule has 102 valence electrons. The van der Waals surface area contributed by atoms with Crippen LogP contribution in [0, 0.1) is 0 Å². The molecule has 0 spiro atoms. The number of amides is 1. The predicted molar refractivity (Wildman–Crippen MR) is 72.1 cm³/mol. The fourth-order valence-electron chi connectivity index (χ4n) is 2.77. The third-order valence-corrected chi connectivity index (χ3v) is 4.17. The summed E-state index contributed by atoms with van der Waals surface area (Å²) >= 11 is 0. The van der Waals surface area contributed by atoms with E-state index in [1.807, 2.05) is 28.9 Å². The second kappa shape index (κ2) is 4.83. The molecule has 1 amide bonds. The van der Waals surface area contributed by atoms with Gasteiger partial charge in [0.25, 0.3) is 0 Å². The van der Waals surface area contributed by atoms with Gasteiger partial charge in [-0.05, 0) is 37.7 Å². The van der Waals surface area contributed by atoms with Crippen LogP contribution in [0.5, 0.6) is 0 Å². The Balaban J connectivity index is 1.73. The first-order valence-corrected chi connectivity index (χ1v) is 7.12. The summed E-state index contributed by atoms with van der Waals surface area (Å²) in [7, 11) is 1.87. The lowest BCUT2D eigenvalue weighted by molar-refractivity contribution is -0.131. The van der Waals surface area contributed by atoms with Crippen LogP contribution in [0.25, 0.3) is 0 Å². The van der Waals surface area contributed by atoms with Crippen molar-refractivity contribution in [3.05, 3.63) is 23.5 Å². The Labute approximate surface area is 113 Å². The lowest BCUT2D eigenvalue weighted by atomic mass is 10.1. The first kappa shape index (κ1) is 12.5. The Morgan fingerprint density at radius 1 is 1.32 bits per heavy atom. The lowest BCUT2D eigenvalue weighted by Gasteiger charge is -2.16. The van der Waals surface area contributed by atoms with Gasteiger partial charge in [0.1, 0.15) is 6.54 Å². The monoisotopic (exact) mass is 260 g/mol. The van der Waals surface area contributed by atoms with Gasteiger partial charge in [0.15, 0.2) is 5.78 Å². The SMILES string of the molecule is CN(C(=O)Cn1cc2c(c1)C(=O)CCCC2)C1CC1. The second-order valence-corrected chi connectivity index (χ2v) is 5.74. The van der Waals surface area contributed by atoms with Crippen LogP contribution >= 0.6 is 0 Å². The standard InChI is InChI=1S/C15H20N2O2/c1-16(12-6-7-12)15(19)10-17-8-11-4-2-3-5-14(18)13(11)9-17/h8-9,12H,2-7,10H2,1H3. The highest BCUT2D eigenvalue weighted by molar-refractivity contribution is 5.97. The third kappa shape index (κ3) is 2.57. The molecule has 0 unspecified atom stereocenters. The Bertz CT molecular complexity index is 514. The van der Waals surface area contributed by atoms with E-state index in [0.717, 1.165) is 43.2 Å². The zero-order valence-electron chi connectivity index (χ0n) is 11.4. The van der Waals surface area contributed by atoms with Crippen molar-refractivity contribution in [1.29, 1.82) is 0 Å². The fourth-order valence-corrected chi connectivity index (χ4v) is 2.77. The molecule has 4 nitrogen and oxygen atoms in total. The van der Waals surface area contributed by atoms with Crippen molar-refractivity contribution in [1.82, 2.24) is 9.47 Å². The normalized spacial score (nSPS) is 18.9. The molecule has 1 saturated carbocycles. The van der Waals surface area contributed by atoms with Gasteiger partial charge in [-0.1, -0.05) is 0 Å². The van der Waals surface area contributed by atoms with Crippen molar-refractivity contribution in [3.63, 3.8) is 0 Å². The average molecular weight is 260 g/mol. The summed E-state index contributed by atoms with van der Waals surface area (Å²) in [6, 6.07) is 0.447. The number of aromatic nitrogens is 1. The Morgan fingerprint density at radius 3 is 2.79 bits per heavy atom. The van der Waals surface area contributed by atoms with Gasteiger partial charge in [0.05, 0.1) is 0 Å². The summed E-state index contributed by atoms with van der Waals surface area (Å²) < 4.78 is 1.88. The van der Waals surface area contributed by atoms with E-state index in [0.29, 0.717) is 19.0 Å². The molecule has 0 atom stereocenters. The molecule has 2 aliphatic rings. The quantitative estimate of drug-likeness (QED) is 0.780. The molecule has 3 rings (SSSR count). The highest BCUT2D eigenvalue weighted by atomic mass is 16.2. The van der Waals surface area contributed by atoms with E-state index in [1.165, 1.54) is 0 Å². The molecule has 1 aromatic rings. The molecule has 0 aliphatic heterocycles. The van der Waals surface area contributed by atoms with Crippen LogP contribution < -0.4 is 0 Å². The molecule has 2 aliphatic carbocycles. The first-order chi connectivity index (χ1) is 9.15. The number of ketones is 1. The summed E-state index contributed by atoms with van der Waals surface area (Å²) in [4.78, 5) is 25.9. The summed E-state index contributed by atoms with van der Waals surface area (Å²) in [6.45, 7) is 0.354. The number of hydrogen-bond acceptors (Lipinski definition) is 2. The van der Waals surface area contributed by atoms with Crippen LogP contribution in [-0.2, 0) is 17.8 Å². The zero-order valence-corrected chi connectivity index (χ0v) is 11.4. The average Bonchev–Trinajstić information content (AvgIpc) is 3.17. The van der Waals surface area contributed by atoms with Gasteiger partial charge in [-0.15, -0.1) is 0 Å². The molecule has 0 aromatic carbocycles. The molecule has 0 saturated heterocycles. The summed E-state index contributed by atoms with van der Waals surface area (Å²) in [6.07, 6.45) is 9.76. The van der Waals surface area contributed by atoms with E-state index in [2.05, 4.69) is 0 Å². The van der Waals surface area contributed by atoms with Gasteiger partial charge in [-0.25, -0.2) is 0 Å². The molecule has 1 fully saturated rings. The van der Waals surface area contributed by atoms with Crippen LogP contribution in [0.4, 0.5) is 0 Å². The summed E-state index contributed by atoms with van der Waals surface area (Å²) in [5, 5.41) is 0. The van der Waals surface area contributed by atoms with E-state index in [1.54, 1.807) is 0 Å². The highest BCUT2D eigenvalue weighted by Gasteiger charge is 2.29. The van der Waals surface area contributed by atoms with Crippen molar-refractivity contribution in [2.45, 2.75) is 51.1 Å². The molecule has 4 heteroatoms. The fraction of sp³-hybridized carbons (Fsp3) is 0.600. The maximum absolute atomic E-state index is 12.1. The molecule has 0 radical (unpaired) electrons. The van der Waals surface area contributed by atoms with Gasteiger partial charge in [-0.2, -0.15) is 0 Å². The number of rotatable bonds is 3. The molecular weight excluding hydrogens is 240 g/mol. The molecular formula is C15H20N2O2. The largest absolute Gasteiger partial charge is 0.344 e. The molecule has 1 aromatic heterocycles. The number of carbonyl (C=O) groups excluding carboxylic acids is 2. The first-order valence-electron chi connectivity index (χ1n) is 7.12. The van der Waals surface area contributed by atoms with Crippen LogP contribution in [0.3, 0.4) is 0 Å². The number of likely N-dealkylation sites (N-methyl/N-ethyl adjacent to an activating group) is 1. The van der Waals surface area contributed by atoms with Gasteiger partial charge in [0.2, 0.25) is 5.91 Å². The highest BCUT2D eigenvalue weighted by Crippen LogP contribution is 2.26. The number of fused-ring (bicyclic) bond motifs is 1.